The summed E-state index contributed by atoms with van der Waals surface area (Å²) in [6.45, 7) is 2.97. The van der Waals surface area contributed by atoms with Gasteiger partial charge in [0.15, 0.2) is 0 Å². The third-order valence-electron chi connectivity index (χ3n) is 5.61. The van der Waals surface area contributed by atoms with Gasteiger partial charge >= 0.3 is 0 Å². The van der Waals surface area contributed by atoms with E-state index in [0.717, 1.165) is 0 Å². The molecule has 29 heavy (non-hydrogen) atoms. The van der Waals surface area contributed by atoms with E-state index in [-0.39, 0.29) is 16.7 Å². The van der Waals surface area contributed by atoms with Gasteiger partial charge < -0.3 is 15.0 Å². The molecule has 0 spiro atoms. The van der Waals surface area contributed by atoms with Crippen molar-refractivity contribution in [1.29, 1.82) is 0 Å². The minimum Gasteiger partial charge on any atom is -0.497 e. The Morgan fingerprint density at radius 1 is 1.28 bits per heavy atom. The molecule has 2 N–H and O–H groups in total. The summed E-state index contributed by atoms with van der Waals surface area (Å²) in [5.74, 6) is 0.642. The molecule has 9 nitrogen and oxygen atoms in total. The maximum Gasteiger partial charge on any atom is 0.257 e. The normalized spacial score (nSPS) is 21.3. The van der Waals surface area contributed by atoms with Gasteiger partial charge in [0.25, 0.3) is 5.91 Å². The van der Waals surface area contributed by atoms with Gasteiger partial charge in [0, 0.05) is 32.4 Å². The van der Waals surface area contributed by atoms with E-state index in [4.69, 9.17) is 4.74 Å². The molecule has 156 valence electrons. The Labute approximate surface area is 170 Å². The van der Waals surface area contributed by atoms with E-state index in [2.05, 4.69) is 15.1 Å². The molecule has 0 radical (unpaired) electrons. The van der Waals surface area contributed by atoms with Crippen LogP contribution < -0.4 is 14.8 Å². The maximum atomic E-state index is 12.8. The number of carbonyl (C=O) groups excluding carboxylic acids is 1. The van der Waals surface area contributed by atoms with Gasteiger partial charge in [-0.2, -0.15) is 9.82 Å². The molecule has 2 aromatic rings. The molecule has 1 unspecified atom stereocenters. The van der Waals surface area contributed by atoms with Crippen molar-refractivity contribution in [2.24, 2.45) is 13.0 Å². The molecule has 0 aliphatic carbocycles. The van der Waals surface area contributed by atoms with Crippen molar-refractivity contribution in [3.63, 3.8) is 0 Å². The average Bonchev–Trinajstić information content (AvgIpc) is 3.04. The van der Waals surface area contributed by atoms with E-state index >= 15 is 0 Å². The standard InChI is InChI=1S/C19H25N5O4S/c1-12-15(11-23(2)21-12)19(25)24-8-6-13(7-9-24)18-20-16-10-14(28-3)4-5-17(16)29(26,27)22-18/h4-5,10-11,13,18,20,22H,6-9H2,1-3H3. The number of aromatic nitrogens is 2. The molecule has 10 heteroatoms. The van der Waals surface area contributed by atoms with E-state index < -0.39 is 16.2 Å². The predicted molar refractivity (Wildman–Crippen MR) is 107 cm³/mol. The smallest absolute Gasteiger partial charge is 0.257 e. The van der Waals surface area contributed by atoms with Crippen LogP contribution in [0.3, 0.4) is 0 Å². The molecule has 0 saturated carbocycles. The number of likely N-dealkylation sites (tertiary alicyclic amines) is 1. The number of hydrogen-bond donors (Lipinski definition) is 2. The van der Waals surface area contributed by atoms with Crippen LogP contribution in [-0.4, -0.2) is 55.4 Å². The fraction of sp³-hybridized carbons (Fsp3) is 0.474. The van der Waals surface area contributed by atoms with E-state index in [9.17, 15) is 13.2 Å². The van der Waals surface area contributed by atoms with Crippen molar-refractivity contribution in [2.75, 3.05) is 25.5 Å². The van der Waals surface area contributed by atoms with Crippen LogP contribution in [-0.2, 0) is 17.1 Å². The highest BCUT2D eigenvalue weighted by molar-refractivity contribution is 7.89. The van der Waals surface area contributed by atoms with E-state index in [1.165, 1.54) is 6.07 Å². The lowest BCUT2D eigenvalue weighted by atomic mass is 9.93. The molecule has 3 heterocycles. The zero-order chi connectivity index (χ0) is 20.8. The summed E-state index contributed by atoms with van der Waals surface area (Å²) in [5, 5.41) is 7.54. The molecule has 1 saturated heterocycles. The molecule has 1 aromatic heterocycles. The summed E-state index contributed by atoms with van der Waals surface area (Å²) in [6, 6.07) is 4.87. The Kier molecular flexibility index (Phi) is 4.99. The second kappa shape index (κ2) is 7.34. The monoisotopic (exact) mass is 419 g/mol. The Morgan fingerprint density at radius 3 is 2.62 bits per heavy atom. The predicted octanol–water partition coefficient (Wildman–Crippen LogP) is 1.32. The van der Waals surface area contributed by atoms with Crippen LogP contribution in [0.15, 0.2) is 29.3 Å². The highest BCUT2D eigenvalue weighted by atomic mass is 32.2. The number of ether oxygens (including phenoxy) is 1. The molecule has 1 atom stereocenters. The Morgan fingerprint density at radius 2 is 2.00 bits per heavy atom. The van der Waals surface area contributed by atoms with Gasteiger partial charge in [-0.05, 0) is 37.8 Å². The van der Waals surface area contributed by atoms with E-state index in [0.29, 0.717) is 48.6 Å². The summed E-state index contributed by atoms with van der Waals surface area (Å²) < 4.78 is 34.9. The second-order valence-corrected chi connectivity index (χ2v) is 9.22. The largest absolute Gasteiger partial charge is 0.497 e. The highest BCUT2D eigenvalue weighted by Crippen LogP contribution is 2.33. The number of rotatable bonds is 3. The quantitative estimate of drug-likeness (QED) is 0.777. The van der Waals surface area contributed by atoms with Gasteiger partial charge in [-0.1, -0.05) is 0 Å². The zero-order valence-corrected chi connectivity index (χ0v) is 17.5. The lowest BCUT2D eigenvalue weighted by Crippen LogP contribution is -2.52. The van der Waals surface area contributed by atoms with Gasteiger partial charge in [-0.25, -0.2) is 8.42 Å². The van der Waals surface area contributed by atoms with E-state index in [1.54, 1.807) is 37.2 Å². The van der Waals surface area contributed by atoms with Crippen LogP contribution in [0.5, 0.6) is 5.75 Å². The maximum absolute atomic E-state index is 12.8. The van der Waals surface area contributed by atoms with Gasteiger partial charge in [-0.15, -0.1) is 0 Å². The molecule has 1 fully saturated rings. The molecule has 1 aromatic carbocycles. The molecular weight excluding hydrogens is 394 g/mol. The first-order chi connectivity index (χ1) is 13.8. The van der Waals surface area contributed by atoms with Crippen molar-refractivity contribution in [3.8, 4) is 5.75 Å². The van der Waals surface area contributed by atoms with Crippen molar-refractivity contribution in [3.05, 3.63) is 35.7 Å². The third kappa shape index (κ3) is 3.69. The number of nitrogens with one attached hydrogen (secondary N) is 2. The number of fused-ring (bicyclic) bond motifs is 1. The fourth-order valence-corrected chi connectivity index (χ4v) is 5.41. The van der Waals surface area contributed by atoms with E-state index in [1.807, 2.05) is 11.8 Å². The first-order valence-corrected chi connectivity index (χ1v) is 11.0. The molecule has 0 bridgehead atoms. The Hall–Kier alpha value is -2.59. The summed E-state index contributed by atoms with van der Waals surface area (Å²) in [7, 11) is -0.258. The van der Waals surface area contributed by atoms with Crippen molar-refractivity contribution in [2.45, 2.75) is 30.8 Å². The van der Waals surface area contributed by atoms with Crippen LogP contribution in [0, 0.1) is 12.8 Å². The third-order valence-corrected chi connectivity index (χ3v) is 7.11. The summed E-state index contributed by atoms with van der Waals surface area (Å²) in [5.41, 5.74) is 1.87. The lowest BCUT2D eigenvalue weighted by Gasteiger charge is -2.38. The molecule has 1 amide bonds. The Balaban J connectivity index is 1.46. The molecule has 4 rings (SSSR count). The number of amides is 1. The number of methoxy groups -OCH3 is 1. The van der Waals surface area contributed by atoms with Crippen molar-refractivity contribution in [1.82, 2.24) is 19.4 Å². The number of carbonyl (C=O) groups is 1. The lowest BCUT2D eigenvalue weighted by molar-refractivity contribution is 0.0678. The molecule has 2 aliphatic heterocycles. The highest BCUT2D eigenvalue weighted by Gasteiger charge is 2.36. The van der Waals surface area contributed by atoms with Crippen molar-refractivity contribution < 1.29 is 17.9 Å². The number of sulfonamides is 1. The summed E-state index contributed by atoms with van der Waals surface area (Å²) in [6.07, 6.45) is 2.72. The van der Waals surface area contributed by atoms with Crippen molar-refractivity contribution >= 4 is 21.6 Å². The van der Waals surface area contributed by atoms with Crippen LogP contribution in [0.4, 0.5) is 5.69 Å². The summed E-state index contributed by atoms with van der Waals surface area (Å²) >= 11 is 0. The number of nitrogens with zero attached hydrogens (tertiary/aromatic N) is 3. The first-order valence-electron chi connectivity index (χ1n) is 9.55. The average molecular weight is 420 g/mol. The van der Waals surface area contributed by atoms with Gasteiger partial charge in [0.2, 0.25) is 10.0 Å². The number of hydrogen-bond acceptors (Lipinski definition) is 6. The van der Waals surface area contributed by atoms with Crippen LogP contribution in [0.1, 0.15) is 28.9 Å². The number of aryl methyl sites for hydroxylation is 2. The number of piperidine rings is 1. The minimum absolute atomic E-state index is 0.0266. The van der Waals surface area contributed by atoms with Crippen LogP contribution in [0.25, 0.3) is 0 Å². The minimum atomic E-state index is -3.60. The van der Waals surface area contributed by atoms with Gasteiger partial charge in [-0.3, -0.25) is 9.48 Å². The van der Waals surface area contributed by atoms with Gasteiger partial charge in [0.1, 0.15) is 10.6 Å². The topological polar surface area (TPSA) is 106 Å². The van der Waals surface area contributed by atoms with Crippen LogP contribution in [0.2, 0.25) is 0 Å². The zero-order valence-electron chi connectivity index (χ0n) is 16.7. The number of benzene rings is 1. The second-order valence-electron chi connectivity index (χ2n) is 7.54. The van der Waals surface area contributed by atoms with Crippen LogP contribution >= 0.6 is 0 Å². The SMILES string of the molecule is COc1ccc2c(c1)NC(C1CCN(C(=O)c3cn(C)nc3C)CC1)NS2(=O)=O. The van der Waals surface area contributed by atoms with Gasteiger partial charge in [0.05, 0.1) is 30.2 Å². The summed E-state index contributed by atoms with van der Waals surface area (Å²) in [4.78, 5) is 14.8. The first kappa shape index (κ1) is 19.7. The fourth-order valence-electron chi connectivity index (χ4n) is 4.04. The molecule has 2 aliphatic rings. The number of anilines is 1. The molecular formula is C19H25N5O4S. The Bertz CT molecular complexity index is 1040.